The number of aryl methyl sites for hydroxylation is 1. The summed E-state index contributed by atoms with van der Waals surface area (Å²) in [6.45, 7) is 3.51. The molecule has 1 aromatic heterocycles. The molecule has 1 atom stereocenters. The van der Waals surface area contributed by atoms with Gasteiger partial charge in [0.05, 0.1) is 17.2 Å². The molecule has 1 heterocycles. The fraction of sp³-hybridized carbons (Fsp3) is 0.545. The lowest BCUT2D eigenvalue weighted by Gasteiger charge is -2.19. The second kappa shape index (κ2) is 5.81. The number of hydrogen-bond acceptors (Lipinski definition) is 5. The number of carbonyl (C=O) groups excluding carboxylic acids is 1. The number of nitrogens with one attached hydrogen (secondary N) is 1. The van der Waals surface area contributed by atoms with Crippen LogP contribution in [-0.4, -0.2) is 46.9 Å². The van der Waals surface area contributed by atoms with E-state index in [-0.39, 0.29) is 12.5 Å². The number of anilines is 1. The molecule has 1 rings (SSSR count). The van der Waals surface area contributed by atoms with E-state index in [4.69, 9.17) is 5.11 Å². The van der Waals surface area contributed by atoms with Gasteiger partial charge in [-0.25, -0.2) is 0 Å². The minimum Gasteiger partial charge on any atom is -0.481 e. The molecule has 100 valence electrons. The number of rotatable bonds is 5. The van der Waals surface area contributed by atoms with Crippen LogP contribution in [0.2, 0.25) is 0 Å². The van der Waals surface area contributed by atoms with E-state index in [2.05, 4.69) is 9.69 Å². The maximum absolute atomic E-state index is 12.2. The van der Waals surface area contributed by atoms with E-state index in [0.29, 0.717) is 16.3 Å². The third-order valence-corrected chi connectivity index (χ3v) is 3.58. The highest BCUT2D eigenvalue weighted by molar-refractivity contribution is 7.10. The van der Waals surface area contributed by atoms with E-state index >= 15 is 0 Å². The molecule has 0 aliphatic heterocycles. The van der Waals surface area contributed by atoms with Crippen LogP contribution >= 0.6 is 11.5 Å². The fourth-order valence-corrected chi connectivity index (χ4v) is 2.29. The average Bonchev–Trinajstić information content (AvgIpc) is 2.68. The van der Waals surface area contributed by atoms with E-state index in [1.165, 1.54) is 16.4 Å². The second-order valence-electron chi connectivity index (χ2n) is 4.15. The Labute approximate surface area is 110 Å². The zero-order valence-electron chi connectivity index (χ0n) is 10.9. The number of carboxylic acids is 1. The van der Waals surface area contributed by atoms with E-state index in [0.717, 1.165) is 0 Å². The van der Waals surface area contributed by atoms with Crippen molar-refractivity contribution in [1.82, 2.24) is 9.27 Å². The van der Waals surface area contributed by atoms with E-state index in [9.17, 15) is 9.59 Å². The summed E-state index contributed by atoms with van der Waals surface area (Å²) in [4.78, 5) is 24.4. The maximum atomic E-state index is 12.2. The Morgan fingerprint density at radius 1 is 1.56 bits per heavy atom. The fourth-order valence-electron chi connectivity index (χ4n) is 1.55. The van der Waals surface area contributed by atoms with E-state index < -0.39 is 11.9 Å². The molecule has 0 saturated carbocycles. The highest BCUT2D eigenvalue weighted by Crippen LogP contribution is 2.25. The molecule has 0 saturated heterocycles. The van der Waals surface area contributed by atoms with Gasteiger partial charge in [-0.05, 0) is 18.5 Å². The first kappa shape index (κ1) is 14.4. The number of carboxylic acid groups (broad SMARTS) is 1. The van der Waals surface area contributed by atoms with Crippen LogP contribution in [0.15, 0.2) is 0 Å². The Morgan fingerprint density at radius 2 is 2.17 bits per heavy atom. The van der Waals surface area contributed by atoms with Crippen LogP contribution in [0, 0.1) is 12.8 Å². The number of aliphatic carboxylic acids is 1. The molecule has 18 heavy (non-hydrogen) atoms. The van der Waals surface area contributed by atoms with Crippen molar-refractivity contribution in [3.05, 3.63) is 11.3 Å². The van der Waals surface area contributed by atoms with Crippen molar-refractivity contribution < 1.29 is 14.7 Å². The number of nitrogens with zero attached hydrogens (tertiary/aromatic N) is 2. The predicted octanol–water partition coefficient (Wildman–Crippen LogP) is 1.29. The second-order valence-corrected chi connectivity index (χ2v) is 4.92. The van der Waals surface area contributed by atoms with Gasteiger partial charge >= 0.3 is 5.97 Å². The normalized spacial score (nSPS) is 12.0. The summed E-state index contributed by atoms with van der Waals surface area (Å²) in [7, 11) is 3.32. The predicted molar refractivity (Wildman–Crippen MR) is 70.2 cm³/mol. The van der Waals surface area contributed by atoms with Gasteiger partial charge in [0.25, 0.3) is 5.91 Å². The van der Waals surface area contributed by atoms with E-state index in [1.807, 2.05) is 0 Å². The first-order valence-corrected chi connectivity index (χ1v) is 6.28. The van der Waals surface area contributed by atoms with Crippen molar-refractivity contribution in [3.63, 3.8) is 0 Å². The third kappa shape index (κ3) is 2.98. The number of hydrogen-bond donors (Lipinski definition) is 2. The SMILES string of the molecule is CNc1snc(C)c1C(=O)N(C)CC(C)C(=O)O. The van der Waals surface area contributed by atoms with Crippen molar-refractivity contribution in [3.8, 4) is 0 Å². The Kier molecular flexibility index (Phi) is 4.66. The molecule has 0 radical (unpaired) electrons. The zero-order valence-corrected chi connectivity index (χ0v) is 11.7. The molecule has 0 fully saturated rings. The summed E-state index contributed by atoms with van der Waals surface area (Å²) in [5.41, 5.74) is 1.17. The molecule has 0 spiro atoms. The highest BCUT2D eigenvalue weighted by atomic mass is 32.1. The largest absolute Gasteiger partial charge is 0.481 e. The van der Waals surface area contributed by atoms with Gasteiger partial charge in [0.2, 0.25) is 0 Å². The average molecular weight is 271 g/mol. The van der Waals surface area contributed by atoms with Crippen LogP contribution in [0.25, 0.3) is 0 Å². The topological polar surface area (TPSA) is 82.5 Å². The van der Waals surface area contributed by atoms with Crippen LogP contribution in [0.3, 0.4) is 0 Å². The summed E-state index contributed by atoms with van der Waals surface area (Å²) >= 11 is 1.22. The molecule has 0 aromatic carbocycles. The van der Waals surface area contributed by atoms with E-state index in [1.54, 1.807) is 27.9 Å². The van der Waals surface area contributed by atoms with Crippen molar-refractivity contribution >= 4 is 28.4 Å². The molecule has 0 bridgehead atoms. The lowest BCUT2D eigenvalue weighted by Crippen LogP contribution is -2.34. The molecule has 2 N–H and O–H groups in total. The Balaban J connectivity index is 2.86. The third-order valence-electron chi connectivity index (χ3n) is 2.62. The Morgan fingerprint density at radius 3 is 2.67 bits per heavy atom. The van der Waals surface area contributed by atoms with Crippen molar-refractivity contribution in [2.24, 2.45) is 5.92 Å². The van der Waals surface area contributed by atoms with Gasteiger partial charge in [0, 0.05) is 20.6 Å². The first-order valence-electron chi connectivity index (χ1n) is 5.50. The first-order chi connectivity index (χ1) is 8.38. The highest BCUT2D eigenvalue weighted by Gasteiger charge is 2.23. The Hall–Kier alpha value is -1.63. The standard InChI is InChI=1S/C11H17N3O3S/c1-6(11(16)17)5-14(4)10(15)8-7(2)13-18-9(8)12-3/h6,12H,5H2,1-4H3,(H,16,17). The Bertz CT molecular complexity index is 458. The quantitative estimate of drug-likeness (QED) is 0.843. The van der Waals surface area contributed by atoms with Crippen LogP contribution in [0.5, 0.6) is 0 Å². The lowest BCUT2D eigenvalue weighted by molar-refractivity contribution is -0.141. The van der Waals surface area contributed by atoms with Gasteiger partial charge in [-0.2, -0.15) is 4.37 Å². The molecule has 1 aromatic rings. The van der Waals surface area contributed by atoms with Crippen molar-refractivity contribution in [2.45, 2.75) is 13.8 Å². The summed E-state index contributed by atoms with van der Waals surface area (Å²) in [5.74, 6) is -1.72. The lowest BCUT2D eigenvalue weighted by atomic mass is 10.1. The molecule has 7 heteroatoms. The minimum absolute atomic E-state index is 0.173. The molecule has 1 unspecified atom stereocenters. The van der Waals surface area contributed by atoms with Crippen LogP contribution in [0.4, 0.5) is 5.00 Å². The maximum Gasteiger partial charge on any atom is 0.308 e. The molecule has 0 aliphatic carbocycles. The van der Waals surface area contributed by atoms with Gasteiger partial charge < -0.3 is 15.3 Å². The molecular weight excluding hydrogens is 254 g/mol. The molecule has 1 amide bonds. The monoisotopic (exact) mass is 271 g/mol. The van der Waals surface area contributed by atoms with Crippen molar-refractivity contribution in [2.75, 3.05) is 26.0 Å². The molecule has 0 aliphatic rings. The van der Waals surface area contributed by atoms with Crippen LogP contribution < -0.4 is 5.32 Å². The van der Waals surface area contributed by atoms with Gasteiger partial charge in [-0.3, -0.25) is 9.59 Å². The number of carbonyl (C=O) groups is 2. The summed E-state index contributed by atoms with van der Waals surface area (Å²) in [6, 6.07) is 0. The smallest absolute Gasteiger partial charge is 0.308 e. The summed E-state index contributed by atoms with van der Waals surface area (Å²) in [5, 5.41) is 12.5. The zero-order chi connectivity index (χ0) is 13.9. The van der Waals surface area contributed by atoms with Gasteiger partial charge in [-0.15, -0.1) is 0 Å². The van der Waals surface area contributed by atoms with Gasteiger partial charge in [0.1, 0.15) is 5.00 Å². The minimum atomic E-state index is -0.913. The number of amides is 1. The van der Waals surface area contributed by atoms with Crippen molar-refractivity contribution in [1.29, 1.82) is 0 Å². The molecular formula is C11H17N3O3S. The van der Waals surface area contributed by atoms with Crippen LogP contribution in [-0.2, 0) is 4.79 Å². The number of aromatic nitrogens is 1. The molecule has 6 nitrogen and oxygen atoms in total. The summed E-state index contributed by atoms with van der Waals surface area (Å²) in [6.07, 6.45) is 0. The summed E-state index contributed by atoms with van der Waals surface area (Å²) < 4.78 is 4.12. The van der Waals surface area contributed by atoms with Gasteiger partial charge in [-0.1, -0.05) is 6.92 Å². The van der Waals surface area contributed by atoms with Crippen LogP contribution in [0.1, 0.15) is 23.0 Å². The van der Waals surface area contributed by atoms with Gasteiger partial charge in [0.15, 0.2) is 0 Å².